The van der Waals surface area contributed by atoms with Crippen molar-refractivity contribution in [1.29, 1.82) is 0 Å². The van der Waals surface area contributed by atoms with Crippen molar-refractivity contribution in [1.82, 2.24) is 18.6 Å². The first kappa shape index (κ1) is 45.2. The highest BCUT2D eigenvalue weighted by molar-refractivity contribution is 6.26. The van der Waals surface area contributed by atoms with Crippen LogP contribution in [-0.2, 0) is 17.4 Å². The first-order chi connectivity index (χ1) is 39.9. The maximum absolute atomic E-state index is 6.18. The summed E-state index contributed by atoms with van der Waals surface area (Å²) < 4.78 is 7.77. The van der Waals surface area contributed by atoms with E-state index in [0.29, 0.717) is 0 Å². The summed E-state index contributed by atoms with van der Waals surface area (Å²) in [5, 5.41) is 7.59. The quantitative estimate of drug-likeness (QED) is 0.172. The Bertz CT molecular complexity index is 4920. The van der Waals surface area contributed by atoms with E-state index >= 15 is 0 Å². The molecule has 6 nitrogen and oxygen atoms in total. The van der Waals surface area contributed by atoms with E-state index in [9.17, 15) is 0 Å². The summed E-state index contributed by atoms with van der Waals surface area (Å²) in [5.41, 5.74) is 21.4. The minimum absolute atomic E-state index is 0.237. The summed E-state index contributed by atoms with van der Waals surface area (Å²) in [6, 6.07) is 77.6. The number of allylic oxidation sites excluding steroid dienone is 9. The molecule has 6 heteroatoms. The fraction of sp³-hybridized carbons (Fsp3) is 0.133. The van der Waals surface area contributed by atoms with Crippen LogP contribution in [0.1, 0.15) is 54.6 Å². The number of anilines is 2. The second-order valence-corrected chi connectivity index (χ2v) is 23.8. The summed E-state index contributed by atoms with van der Waals surface area (Å²) in [6.07, 6.45) is 19.7. The normalized spacial score (nSPS) is 22.4. The first-order valence-electron chi connectivity index (χ1n) is 28.8. The Hall–Kier alpha value is -9.65. The Morgan fingerprint density at radius 2 is 1.22 bits per heavy atom. The van der Waals surface area contributed by atoms with Gasteiger partial charge in [0.1, 0.15) is 6.17 Å². The van der Waals surface area contributed by atoms with E-state index < -0.39 is 10.8 Å². The zero-order valence-corrected chi connectivity index (χ0v) is 45.3. The van der Waals surface area contributed by atoms with Gasteiger partial charge in [0.05, 0.1) is 49.7 Å². The Morgan fingerprint density at radius 3 is 2.00 bits per heavy atom. The van der Waals surface area contributed by atoms with Crippen LogP contribution < -0.4 is 4.90 Å². The molecule has 12 aromatic rings. The molecule has 1 fully saturated rings. The van der Waals surface area contributed by atoms with Crippen molar-refractivity contribution in [3.63, 3.8) is 0 Å². The van der Waals surface area contributed by atoms with Crippen molar-refractivity contribution in [3.05, 3.63) is 282 Å². The molecule has 0 amide bonds. The Morgan fingerprint density at radius 1 is 0.531 bits per heavy atom. The topological polar surface area (TPSA) is 33.6 Å². The van der Waals surface area contributed by atoms with E-state index in [1.54, 1.807) is 0 Å². The van der Waals surface area contributed by atoms with Gasteiger partial charge < -0.3 is 23.5 Å². The molecule has 4 atom stereocenters. The maximum Gasteiger partial charge on any atom is 0.146 e. The third-order valence-electron chi connectivity index (χ3n) is 19.5. The first-order valence-corrected chi connectivity index (χ1v) is 28.8. The van der Waals surface area contributed by atoms with Gasteiger partial charge >= 0.3 is 0 Å². The smallest absolute Gasteiger partial charge is 0.146 e. The van der Waals surface area contributed by atoms with Crippen LogP contribution in [0.15, 0.2) is 265 Å². The molecule has 386 valence electrons. The molecule has 3 aromatic heterocycles. The number of nitrogens with zero attached hydrogens (tertiary/aromatic N) is 6. The van der Waals surface area contributed by atoms with Gasteiger partial charge in [-0.1, -0.05) is 176 Å². The number of fused-ring (bicyclic) bond motifs is 15. The molecule has 81 heavy (non-hydrogen) atoms. The maximum atomic E-state index is 6.18. The fourth-order valence-corrected chi connectivity index (χ4v) is 16.1. The Kier molecular flexibility index (Phi) is 9.07. The molecule has 1 saturated carbocycles. The van der Waals surface area contributed by atoms with Gasteiger partial charge in [0.2, 0.25) is 0 Å². The molecule has 6 aliphatic rings. The molecule has 3 aliphatic heterocycles. The van der Waals surface area contributed by atoms with Crippen LogP contribution in [-0.4, -0.2) is 31.4 Å². The van der Waals surface area contributed by atoms with Gasteiger partial charge in [-0.05, 0) is 121 Å². The van der Waals surface area contributed by atoms with E-state index in [1.165, 1.54) is 122 Å². The van der Waals surface area contributed by atoms with Gasteiger partial charge in [-0.3, -0.25) is 4.99 Å². The largest absolute Gasteiger partial charge is 0.349 e. The lowest BCUT2D eigenvalue weighted by molar-refractivity contribution is 0.367. The minimum Gasteiger partial charge on any atom is -0.349 e. The minimum atomic E-state index is -0.427. The molecule has 4 bridgehead atoms. The molecule has 0 radical (unpaired) electrons. The summed E-state index contributed by atoms with van der Waals surface area (Å²) in [4.78, 5) is 11.3. The predicted molar refractivity (Wildman–Crippen MR) is 335 cm³/mol. The summed E-state index contributed by atoms with van der Waals surface area (Å²) in [6.45, 7) is 2.40. The average Bonchev–Trinajstić information content (AvgIpc) is 1.52. The second kappa shape index (κ2) is 16.2. The fourth-order valence-electron chi connectivity index (χ4n) is 16.1. The van der Waals surface area contributed by atoms with E-state index in [2.05, 4.69) is 286 Å². The highest BCUT2D eigenvalue weighted by Crippen LogP contribution is 2.78. The van der Waals surface area contributed by atoms with Crippen LogP contribution >= 0.6 is 0 Å². The number of hydrogen-bond acceptors (Lipinski definition) is 3. The van der Waals surface area contributed by atoms with Crippen molar-refractivity contribution in [3.8, 4) is 11.4 Å². The zero-order chi connectivity index (χ0) is 53.3. The van der Waals surface area contributed by atoms with Gasteiger partial charge in [0.25, 0.3) is 0 Å². The Balaban J connectivity index is 0.952. The average molecular weight is 1040 g/mol. The van der Waals surface area contributed by atoms with E-state index in [-0.39, 0.29) is 11.7 Å². The van der Waals surface area contributed by atoms with Crippen LogP contribution in [0.4, 0.5) is 11.4 Å². The van der Waals surface area contributed by atoms with Crippen molar-refractivity contribution in [2.45, 2.75) is 49.7 Å². The molecular weight excluding hydrogens is 985 g/mol. The highest BCUT2D eigenvalue weighted by atomic mass is 15.3. The number of rotatable bonds is 5. The molecule has 9 aromatic carbocycles. The number of hydrogen-bond donors (Lipinski definition) is 0. The zero-order valence-electron chi connectivity index (χ0n) is 45.3. The molecule has 18 rings (SSSR count). The van der Waals surface area contributed by atoms with Gasteiger partial charge in [0.15, 0.2) is 0 Å². The predicted octanol–water partition coefficient (Wildman–Crippen LogP) is 17.9. The monoisotopic (exact) mass is 1040 g/mol. The van der Waals surface area contributed by atoms with Gasteiger partial charge in [-0.25, -0.2) is 0 Å². The molecule has 3 aliphatic carbocycles. The molecular formula is C75H56N6. The van der Waals surface area contributed by atoms with Crippen LogP contribution in [0.25, 0.3) is 82.5 Å². The Labute approximate surface area is 470 Å². The van der Waals surface area contributed by atoms with Gasteiger partial charge in [0, 0.05) is 90.9 Å². The van der Waals surface area contributed by atoms with Crippen molar-refractivity contribution >= 4 is 88.2 Å². The molecule has 1 spiro atoms. The third-order valence-corrected chi connectivity index (χ3v) is 19.5. The lowest BCUT2D eigenvalue weighted by atomic mass is 9.76. The molecule has 4 unspecified atom stereocenters. The summed E-state index contributed by atoms with van der Waals surface area (Å²) >= 11 is 0. The van der Waals surface area contributed by atoms with Crippen LogP contribution in [0.2, 0.25) is 0 Å². The molecule has 6 heterocycles. The van der Waals surface area contributed by atoms with Crippen molar-refractivity contribution < 1.29 is 0 Å². The number of aromatic nitrogens is 3. The number of benzene rings is 9. The third kappa shape index (κ3) is 5.93. The highest BCUT2D eigenvalue weighted by Gasteiger charge is 2.76. The number of para-hydroxylation sites is 3. The van der Waals surface area contributed by atoms with E-state index in [4.69, 9.17) is 4.99 Å². The van der Waals surface area contributed by atoms with E-state index in [0.717, 1.165) is 37.1 Å². The SMILES string of the molecule is CN1C(c2ccccc2)=C2CC(=NC1c1ccccc1)C13C=CC=C4N(c5ccc6c(c5)c5c7c(ccc5n6C5(C)C=CC=CC5)c5ccccc5n7-c5ccccc5)c5ccc6c7ccccc7n(c6c5C41C3)-c1cccc(c1)C2. The second-order valence-electron chi connectivity index (χ2n) is 23.8. The molecule has 0 N–H and O–H groups in total. The van der Waals surface area contributed by atoms with Crippen LogP contribution in [0.5, 0.6) is 0 Å². The number of aliphatic imine (C=N–C) groups is 1. The van der Waals surface area contributed by atoms with E-state index in [1.807, 2.05) is 0 Å². The standard InChI is InChI=1S/C75H56N6/c1-73(40-17-6-18-41-73)81-62-37-34-54(46-59(62)67-63(81)38-35-57-55-29-13-15-31-60(55)79(70(57)67)52-26-11-5-12-27-52)78-64-39-36-58-56-30-14-16-32-61(56)80-53-28-19-21-48(44-53)43-51-45-65(74-42-20-33-66(78)75(74,47-74)68(64)71(58)80)76-72(50-24-9-4-10-25-50)77(2)69(51)49-22-7-3-8-23-49/h3-40,42,44,46,72H,41,43,45,47H2,1-2H3. The van der Waals surface area contributed by atoms with Crippen LogP contribution in [0.3, 0.4) is 0 Å². The summed E-state index contributed by atoms with van der Waals surface area (Å²) in [5.74, 6) is 0. The van der Waals surface area contributed by atoms with Crippen LogP contribution in [0, 0.1) is 5.41 Å². The summed E-state index contributed by atoms with van der Waals surface area (Å²) in [7, 11) is 2.28. The van der Waals surface area contributed by atoms with Gasteiger partial charge in [-0.15, -0.1) is 0 Å². The van der Waals surface area contributed by atoms with Crippen molar-refractivity contribution in [2.75, 3.05) is 11.9 Å². The lowest BCUT2D eigenvalue weighted by Gasteiger charge is -2.31. The molecule has 0 saturated heterocycles. The van der Waals surface area contributed by atoms with Gasteiger partial charge in [-0.2, -0.15) is 0 Å². The lowest BCUT2D eigenvalue weighted by Crippen LogP contribution is -2.30. The van der Waals surface area contributed by atoms with Crippen molar-refractivity contribution in [2.24, 2.45) is 10.4 Å².